The number of nitrogens with zero attached hydrogens (tertiary/aromatic N) is 2. The molecule has 4 nitrogen and oxygen atoms in total. The van der Waals surface area contributed by atoms with Gasteiger partial charge in [-0.25, -0.2) is 0 Å². The predicted molar refractivity (Wildman–Crippen MR) is 72.9 cm³/mol. The first-order valence-electron chi connectivity index (χ1n) is 6.99. The molecule has 0 spiro atoms. The highest BCUT2D eigenvalue weighted by molar-refractivity contribution is 5.35. The van der Waals surface area contributed by atoms with Gasteiger partial charge < -0.3 is 10.3 Å². The van der Waals surface area contributed by atoms with Crippen LogP contribution in [0.3, 0.4) is 0 Å². The molecule has 0 saturated heterocycles. The monoisotopic (exact) mass is 257 g/mol. The van der Waals surface area contributed by atoms with Gasteiger partial charge in [0.2, 0.25) is 5.89 Å². The number of nitrogens with two attached hydrogens (primary N) is 1. The summed E-state index contributed by atoms with van der Waals surface area (Å²) in [7, 11) is 0. The van der Waals surface area contributed by atoms with Gasteiger partial charge in [0.1, 0.15) is 0 Å². The molecule has 2 aromatic rings. The quantitative estimate of drug-likeness (QED) is 0.913. The summed E-state index contributed by atoms with van der Waals surface area (Å²) >= 11 is 0. The summed E-state index contributed by atoms with van der Waals surface area (Å²) in [5, 5.41) is 4.06. The number of rotatable bonds is 4. The number of aryl methyl sites for hydroxylation is 2. The maximum absolute atomic E-state index is 5.50. The largest absolute Gasteiger partial charge is 0.339 e. The molecule has 0 radical (unpaired) electrons. The highest BCUT2D eigenvalue weighted by Gasteiger charge is 2.26. The maximum Gasteiger partial charge on any atom is 0.234 e. The number of benzene rings is 1. The van der Waals surface area contributed by atoms with E-state index in [0.717, 1.165) is 37.4 Å². The van der Waals surface area contributed by atoms with E-state index in [9.17, 15) is 0 Å². The zero-order valence-electron chi connectivity index (χ0n) is 11.0. The third-order valence-electron chi connectivity index (χ3n) is 3.76. The van der Waals surface area contributed by atoms with Crippen LogP contribution in [0, 0.1) is 0 Å². The topological polar surface area (TPSA) is 64.9 Å². The third kappa shape index (κ3) is 2.54. The van der Waals surface area contributed by atoms with Gasteiger partial charge in [0, 0.05) is 6.42 Å². The van der Waals surface area contributed by atoms with Crippen molar-refractivity contribution in [2.45, 2.75) is 38.0 Å². The van der Waals surface area contributed by atoms with Crippen LogP contribution in [-0.4, -0.2) is 16.7 Å². The van der Waals surface area contributed by atoms with Crippen LogP contribution in [0.1, 0.15) is 48.0 Å². The lowest BCUT2D eigenvalue weighted by molar-refractivity contribution is 0.350. The van der Waals surface area contributed by atoms with Crippen LogP contribution < -0.4 is 5.73 Å². The van der Waals surface area contributed by atoms with Crippen molar-refractivity contribution in [3.8, 4) is 0 Å². The van der Waals surface area contributed by atoms with Crippen LogP contribution in [0.25, 0.3) is 0 Å². The van der Waals surface area contributed by atoms with Gasteiger partial charge in [0.25, 0.3) is 0 Å². The van der Waals surface area contributed by atoms with Gasteiger partial charge in [-0.1, -0.05) is 29.4 Å². The van der Waals surface area contributed by atoms with Crippen LogP contribution in [-0.2, 0) is 12.8 Å². The maximum atomic E-state index is 5.50. The smallest absolute Gasteiger partial charge is 0.234 e. The van der Waals surface area contributed by atoms with Crippen molar-refractivity contribution < 1.29 is 4.52 Å². The first kappa shape index (κ1) is 12.4. The lowest BCUT2D eigenvalue weighted by atomic mass is 9.83. The molecule has 0 saturated carbocycles. The fourth-order valence-electron chi connectivity index (χ4n) is 2.78. The van der Waals surface area contributed by atoms with Gasteiger partial charge in [-0.15, -0.1) is 0 Å². The Kier molecular flexibility index (Phi) is 3.60. The first-order valence-corrected chi connectivity index (χ1v) is 6.99. The second-order valence-corrected chi connectivity index (χ2v) is 5.08. The second-order valence-electron chi connectivity index (χ2n) is 5.08. The van der Waals surface area contributed by atoms with E-state index in [1.807, 2.05) is 0 Å². The highest BCUT2D eigenvalue weighted by Crippen LogP contribution is 2.35. The molecule has 0 amide bonds. The lowest BCUT2D eigenvalue weighted by Gasteiger charge is -2.22. The minimum atomic E-state index is 0.268. The zero-order valence-corrected chi connectivity index (χ0v) is 11.0. The standard InChI is InChI=1S/C15H19N3O/c16-10-4-9-14-17-15(19-18-14)13-8-3-6-11-5-1-2-7-12(11)13/h1-2,5,7,13H,3-4,6,8-10,16H2. The summed E-state index contributed by atoms with van der Waals surface area (Å²) in [6.07, 6.45) is 5.13. The number of hydrogen-bond donors (Lipinski definition) is 1. The molecule has 0 fully saturated rings. The van der Waals surface area contributed by atoms with Crippen molar-refractivity contribution in [1.82, 2.24) is 10.1 Å². The second kappa shape index (κ2) is 5.53. The van der Waals surface area contributed by atoms with E-state index in [1.54, 1.807) is 0 Å². The fourth-order valence-corrected chi connectivity index (χ4v) is 2.78. The molecule has 0 bridgehead atoms. The van der Waals surface area contributed by atoms with E-state index in [2.05, 4.69) is 34.4 Å². The van der Waals surface area contributed by atoms with Gasteiger partial charge in [-0.05, 0) is 43.4 Å². The van der Waals surface area contributed by atoms with Crippen LogP contribution in [0.5, 0.6) is 0 Å². The highest BCUT2D eigenvalue weighted by atomic mass is 16.5. The van der Waals surface area contributed by atoms with Gasteiger partial charge in [-0.2, -0.15) is 4.98 Å². The van der Waals surface area contributed by atoms with E-state index in [1.165, 1.54) is 17.5 Å². The molecule has 1 heterocycles. The summed E-state index contributed by atoms with van der Waals surface area (Å²) in [6.45, 7) is 0.663. The molecule has 1 aromatic carbocycles. The molecule has 100 valence electrons. The lowest BCUT2D eigenvalue weighted by Crippen LogP contribution is -2.11. The van der Waals surface area contributed by atoms with Crippen molar-refractivity contribution in [2.24, 2.45) is 5.73 Å². The molecule has 1 aliphatic rings. The summed E-state index contributed by atoms with van der Waals surface area (Å²) in [5.74, 6) is 1.81. The van der Waals surface area contributed by atoms with Crippen molar-refractivity contribution in [1.29, 1.82) is 0 Å². The van der Waals surface area contributed by atoms with Crippen molar-refractivity contribution >= 4 is 0 Å². The Morgan fingerprint density at radius 1 is 1.32 bits per heavy atom. The fraction of sp³-hybridized carbons (Fsp3) is 0.467. The van der Waals surface area contributed by atoms with E-state index in [-0.39, 0.29) is 5.92 Å². The molecule has 3 rings (SSSR count). The molecule has 0 aliphatic heterocycles. The van der Waals surface area contributed by atoms with Crippen LogP contribution in [0.15, 0.2) is 28.8 Å². The van der Waals surface area contributed by atoms with Gasteiger partial charge in [0.15, 0.2) is 5.82 Å². The number of hydrogen-bond acceptors (Lipinski definition) is 4. The minimum absolute atomic E-state index is 0.268. The van der Waals surface area contributed by atoms with E-state index < -0.39 is 0 Å². The Balaban J connectivity index is 1.85. The molecule has 1 aromatic heterocycles. The number of fused-ring (bicyclic) bond motifs is 1. The van der Waals surface area contributed by atoms with Crippen molar-refractivity contribution in [2.75, 3.05) is 6.54 Å². The van der Waals surface area contributed by atoms with Crippen molar-refractivity contribution in [3.63, 3.8) is 0 Å². The first-order chi connectivity index (χ1) is 9.38. The van der Waals surface area contributed by atoms with Crippen LogP contribution >= 0.6 is 0 Å². The van der Waals surface area contributed by atoms with Gasteiger partial charge >= 0.3 is 0 Å². The van der Waals surface area contributed by atoms with Gasteiger partial charge in [0.05, 0.1) is 5.92 Å². The van der Waals surface area contributed by atoms with E-state index in [0.29, 0.717) is 6.54 Å². The van der Waals surface area contributed by atoms with Crippen LogP contribution in [0.2, 0.25) is 0 Å². The average Bonchev–Trinajstić information content (AvgIpc) is 2.93. The third-order valence-corrected chi connectivity index (χ3v) is 3.76. The summed E-state index contributed by atoms with van der Waals surface area (Å²) in [4.78, 5) is 4.54. The normalized spacial score (nSPS) is 18.3. The Bertz CT molecular complexity index is 550. The van der Waals surface area contributed by atoms with Gasteiger partial charge in [-0.3, -0.25) is 0 Å². The zero-order chi connectivity index (χ0) is 13.1. The van der Waals surface area contributed by atoms with E-state index >= 15 is 0 Å². The summed E-state index contributed by atoms with van der Waals surface area (Å²) in [6, 6.07) is 8.57. The Hall–Kier alpha value is -1.68. The molecule has 1 unspecified atom stereocenters. The molecule has 1 aliphatic carbocycles. The predicted octanol–water partition coefficient (Wildman–Crippen LogP) is 2.43. The Labute approximate surface area is 113 Å². The average molecular weight is 257 g/mol. The van der Waals surface area contributed by atoms with Crippen molar-refractivity contribution in [3.05, 3.63) is 47.1 Å². The molecular weight excluding hydrogens is 238 g/mol. The SMILES string of the molecule is NCCCc1noc(C2CCCc3ccccc32)n1. The number of aromatic nitrogens is 2. The molecular formula is C15H19N3O. The molecule has 1 atom stereocenters. The van der Waals surface area contributed by atoms with Crippen LogP contribution in [0.4, 0.5) is 0 Å². The Morgan fingerprint density at radius 2 is 2.21 bits per heavy atom. The minimum Gasteiger partial charge on any atom is -0.339 e. The summed E-state index contributed by atoms with van der Waals surface area (Å²) in [5.41, 5.74) is 8.27. The van der Waals surface area contributed by atoms with E-state index in [4.69, 9.17) is 10.3 Å². The summed E-state index contributed by atoms with van der Waals surface area (Å²) < 4.78 is 5.46. The Morgan fingerprint density at radius 3 is 3.11 bits per heavy atom. The molecule has 2 N–H and O–H groups in total. The molecule has 4 heteroatoms. The molecule has 19 heavy (non-hydrogen) atoms.